The largest absolute Gasteiger partial charge is 0.386 e. The molecule has 1 atom stereocenters. The molecule has 68 valence electrons. The smallest absolute Gasteiger partial charge is 0.0295 e. The first-order valence-electron chi connectivity index (χ1n) is 4.82. The van der Waals surface area contributed by atoms with Gasteiger partial charge in [0, 0.05) is 11.7 Å². The summed E-state index contributed by atoms with van der Waals surface area (Å²) in [5, 5.41) is 3.39. The van der Waals surface area contributed by atoms with E-state index < -0.39 is 0 Å². The fourth-order valence-corrected chi connectivity index (χ4v) is 1.69. The van der Waals surface area contributed by atoms with Gasteiger partial charge in [-0.25, -0.2) is 0 Å². The molecule has 12 heavy (non-hydrogen) atoms. The lowest BCUT2D eigenvalue weighted by molar-refractivity contribution is 0.506. The zero-order chi connectivity index (χ0) is 8.97. The first-order chi connectivity index (χ1) is 5.72. The zero-order valence-electron chi connectivity index (χ0n) is 8.19. The van der Waals surface area contributed by atoms with Crippen molar-refractivity contribution in [3.63, 3.8) is 0 Å². The molecule has 0 saturated heterocycles. The van der Waals surface area contributed by atoms with E-state index in [0.29, 0.717) is 6.04 Å². The van der Waals surface area contributed by atoms with E-state index in [0.717, 1.165) is 5.70 Å². The standard InChI is InChI=1S/C11H19N/c1-4-10-5-7-11(8-6-10)12-9(2)3/h5,11-12H,2,4,6-8H2,1,3H3. The van der Waals surface area contributed by atoms with Crippen LogP contribution in [-0.2, 0) is 0 Å². The van der Waals surface area contributed by atoms with Crippen molar-refractivity contribution in [1.82, 2.24) is 5.32 Å². The van der Waals surface area contributed by atoms with Crippen LogP contribution in [0.2, 0.25) is 0 Å². The van der Waals surface area contributed by atoms with Crippen LogP contribution < -0.4 is 5.32 Å². The SMILES string of the molecule is C=C(C)NC1CC=C(CC)CC1. The van der Waals surface area contributed by atoms with Crippen LogP contribution in [0.15, 0.2) is 23.9 Å². The molecule has 0 bridgehead atoms. The van der Waals surface area contributed by atoms with Crippen LogP contribution in [0.1, 0.15) is 39.5 Å². The van der Waals surface area contributed by atoms with Crippen LogP contribution in [-0.4, -0.2) is 6.04 Å². The third-order valence-electron chi connectivity index (χ3n) is 2.41. The average molecular weight is 165 g/mol. The molecule has 1 nitrogen and oxygen atoms in total. The highest BCUT2D eigenvalue weighted by molar-refractivity contribution is 5.08. The molecule has 1 N–H and O–H groups in total. The van der Waals surface area contributed by atoms with Crippen LogP contribution in [0.25, 0.3) is 0 Å². The Labute approximate surface area is 75.6 Å². The van der Waals surface area contributed by atoms with Gasteiger partial charge >= 0.3 is 0 Å². The van der Waals surface area contributed by atoms with Crippen molar-refractivity contribution in [3.05, 3.63) is 23.9 Å². The van der Waals surface area contributed by atoms with E-state index in [1.54, 1.807) is 5.57 Å². The maximum absolute atomic E-state index is 3.86. The second kappa shape index (κ2) is 4.34. The minimum Gasteiger partial charge on any atom is -0.386 e. The summed E-state index contributed by atoms with van der Waals surface area (Å²) in [5.74, 6) is 0. The van der Waals surface area contributed by atoms with Crippen LogP contribution in [0.4, 0.5) is 0 Å². The lowest BCUT2D eigenvalue weighted by atomic mass is 9.94. The fourth-order valence-electron chi connectivity index (χ4n) is 1.69. The first kappa shape index (κ1) is 9.37. The third-order valence-corrected chi connectivity index (χ3v) is 2.41. The Morgan fingerprint density at radius 3 is 2.92 bits per heavy atom. The van der Waals surface area contributed by atoms with Crippen LogP contribution >= 0.6 is 0 Å². The fraction of sp³-hybridized carbons (Fsp3) is 0.636. The molecule has 1 heteroatoms. The van der Waals surface area contributed by atoms with Crippen LogP contribution in [0.3, 0.4) is 0 Å². The van der Waals surface area contributed by atoms with Gasteiger partial charge in [-0.3, -0.25) is 0 Å². The van der Waals surface area contributed by atoms with E-state index in [9.17, 15) is 0 Å². The Morgan fingerprint density at radius 2 is 2.50 bits per heavy atom. The van der Waals surface area contributed by atoms with E-state index in [4.69, 9.17) is 0 Å². The Bertz CT molecular complexity index is 191. The second-order valence-corrected chi connectivity index (χ2v) is 3.61. The van der Waals surface area contributed by atoms with Gasteiger partial charge in [0.25, 0.3) is 0 Å². The number of allylic oxidation sites excluding steroid dienone is 2. The Balaban J connectivity index is 2.35. The molecule has 0 spiro atoms. The average Bonchev–Trinajstić information content (AvgIpc) is 2.05. The predicted molar refractivity (Wildman–Crippen MR) is 54.0 cm³/mol. The summed E-state index contributed by atoms with van der Waals surface area (Å²) in [4.78, 5) is 0. The van der Waals surface area contributed by atoms with Crippen LogP contribution in [0.5, 0.6) is 0 Å². The van der Waals surface area contributed by atoms with E-state index in [2.05, 4.69) is 24.9 Å². The molecule has 0 aromatic rings. The number of rotatable bonds is 3. The van der Waals surface area contributed by atoms with Gasteiger partial charge in [0.05, 0.1) is 0 Å². The molecule has 1 rings (SSSR count). The highest BCUT2D eigenvalue weighted by Gasteiger charge is 2.12. The van der Waals surface area contributed by atoms with E-state index >= 15 is 0 Å². The molecule has 1 aliphatic carbocycles. The van der Waals surface area contributed by atoms with E-state index in [1.807, 2.05) is 6.92 Å². The molecule has 0 aromatic carbocycles. The van der Waals surface area contributed by atoms with Gasteiger partial charge in [-0.05, 0) is 32.6 Å². The Morgan fingerprint density at radius 1 is 1.75 bits per heavy atom. The summed E-state index contributed by atoms with van der Waals surface area (Å²) in [5.41, 5.74) is 2.71. The van der Waals surface area contributed by atoms with Gasteiger partial charge in [-0.2, -0.15) is 0 Å². The van der Waals surface area contributed by atoms with Crippen molar-refractivity contribution in [2.75, 3.05) is 0 Å². The molecular formula is C11H19N. The Kier molecular flexibility index (Phi) is 3.39. The topological polar surface area (TPSA) is 12.0 Å². The summed E-state index contributed by atoms with van der Waals surface area (Å²) >= 11 is 0. The molecule has 0 amide bonds. The van der Waals surface area contributed by atoms with Crippen LogP contribution in [0, 0.1) is 0 Å². The summed E-state index contributed by atoms with van der Waals surface area (Å²) in [6.07, 6.45) is 7.31. The maximum Gasteiger partial charge on any atom is 0.0295 e. The predicted octanol–water partition coefficient (Wildman–Crippen LogP) is 3.00. The normalized spacial score (nSPS) is 23.2. The lowest BCUT2D eigenvalue weighted by Gasteiger charge is -2.23. The highest BCUT2D eigenvalue weighted by Crippen LogP contribution is 2.20. The Hall–Kier alpha value is -0.720. The highest BCUT2D eigenvalue weighted by atomic mass is 14.9. The quantitative estimate of drug-likeness (QED) is 0.634. The van der Waals surface area contributed by atoms with Gasteiger partial charge in [0.2, 0.25) is 0 Å². The molecule has 1 unspecified atom stereocenters. The molecule has 0 fully saturated rings. The van der Waals surface area contributed by atoms with Crippen molar-refractivity contribution >= 4 is 0 Å². The van der Waals surface area contributed by atoms with Crippen molar-refractivity contribution in [3.8, 4) is 0 Å². The second-order valence-electron chi connectivity index (χ2n) is 3.61. The molecule has 0 saturated carbocycles. The monoisotopic (exact) mass is 165 g/mol. The van der Waals surface area contributed by atoms with Gasteiger partial charge in [-0.15, -0.1) is 0 Å². The van der Waals surface area contributed by atoms with Crippen molar-refractivity contribution < 1.29 is 0 Å². The third kappa shape index (κ3) is 2.72. The van der Waals surface area contributed by atoms with E-state index in [1.165, 1.54) is 25.7 Å². The number of hydrogen-bond acceptors (Lipinski definition) is 1. The molecule has 0 heterocycles. The number of hydrogen-bond donors (Lipinski definition) is 1. The summed E-state index contributed by atoms with van der Waals surface area (Å²) in [6, 6.07) is 0.637. The zero-order valence-corrected chi connectivity index (χ0v) is 8.19. The molecule has 0 aliphatic heterocycles. The molecular weight excluding hydrogens is 146 g/mol. The minimum absolute atomic E-state index is 0.637. The maximum atomic E-state index is 3.86. The molecule has 1 aliphatic rings. The number of nitrogens with one attached hydrogen (secondary N) is 1. The lowest BCUT2D eigenvalue weighted by Crippen LogP contribution is -2.28. The first-order valence-corrected chi connectivity index (χ1v) is 4.82. The van der Waals surface area contributed by atoms with Gasteiger partial charge in [0.15, 0.2) is 0 Å². The van der Waals surface area contributed by atoms with Crippen molar-refractivity contribution in [1.29, 1.82) is 0 Å². The minimum atomic E-state index is 0.637. The van der Waals surface area contributed by atoms with Crippen molar-refractivity contribution in [2.24, 2.45) is 0 Å². The summed E-state index contributed by atoms with van der Waals surface area (Å²) < 4.78 is 0. The van der Waals surface area contributed by atoms with Gasteiger partial charge < -0.3 is 5.32 Å². The molecule has 0 radical (unpaired) electrons. The van der Waals surface area contributed by atoms with Gasteiger partial charge in [0.1, 0.15) is 0 Å². The van der Waals surface area contributed by atoms with Gasteiger partial charge in [-0.1, -0.05) is 25.2 Å². The summed E-state index contributed by atoms with van der Waals surface area (Å²) in [6.45, 7) is 8.12. The molecule has 0 aromatic heterocycles. The van der Waals surface area contributed by atoms with Crippen molar-refractivity contribution in [2.45, 2.75) is 45.6 Å². The van der Waals surface area contributed by atoms with E-state index in [-0.39, 0.29) is 0 Å². The summed E-state index contributed by atoms with van der Waals surface area (Å²) in [7, 11) is 0.